The minimum Gasteiger partial charge on any atom is -0.353 e. The molecule has 0 saturated carbocycles. The van der Waals surface area contributed by atoms with E-state index in [4.69, 9.17) is 0 Å². The maximum absolute atomic E-state index is 12.8. The number of carbonyl (C=O) groups is 2. The predicted molar refractivity (Wildman–Crippen MR) is 89.9 cm³/mol. The summed E-state index contributed by atoms with van der Waals surface area (Å²) in [6, 6.07) is 7.34. The van der Waals surface area contributed by atoms with Crippen LogP contribution >= 0.6 is 0 Å². The molecule has 1 aliphatic rings. The van der Waals surface area contributed by atoms with Crippen molar-refractivity contribution in [1.29, 1.82) is 0 Å². The number of hydrogen-bond acceptors (Lipinski definition) is 4. The van der Waals surface area contributed by atoms with Crippen LogP contribution in [0.3, 0.4) is 0 Å². The first-order chi connectivity index (χ1) is 11.5. The van der Waals surface area contributed by atoms with E-state index in [9.17, 15) is 9.59 Å². The van der Waals surface area contributed by atoms with E-state index >= 15 is 0 Å². The van der Waals surface area contributed by atoms with Gasteiger partial charge in [0, 0.05) is 31.4 Å². The molecule has 2 amide bonds. The molecule has 1 fully saturated rings. The van der Waals surface area contributed by atoms with Gasteiger partial charge in [0.1, 0.15) is 0 Å². The summed E-state index contributed by atoms with van der Waals surface area (Å²) in [6.45, 7) is 1.88. The molecule has 1 aliphatic heterocycles. The Hall–Kier alpha value is -2.67. The van der Waals surface area contributed by atoms with Gasteiger partial charge in [-0.15, -0.1) is 0 Å². The van der Waals surface area contributed by atoms with Crippen LogP contribution in [-0.4, -0.2) is 65.1 Å². The Morgan fingerprint density at radius 3 is 2.88 bits per heavy atom. The van der Waals surface area contributed by atoms with Crippen LogP contribution in [0.2, 0.25) is 0 Å². The van der Waals surface area contributed by atoms with E-state index < -0.39 is 0 Å². The van der Waals surface area contributed by atoms with Gasteiger partial charge in [-0.3, -0.25) is 9.59 Å². The normalized spacial score (nSPS) is 14.8. The zero-order valence-electron chi connectivity index (χ0n) is 13.9. The SMILES string of the molecule is CN(C)Cc1cnn(-c2ccccc2C(=O)N2CCNC(=O)C2)c1. The van der Waals surface area contributed by atoms with Gasteiger partial charge in [-0.1, -0.05) is 12.1 Å². The van der Waals surface area contributed by atoms with Crippen molar-refractivity contribution < 1.29 is 9.59 Å². The molecule has 7 nitrogen and oxygen atoms in total. The van der Waals surface area contributed by atoms with Gasteiger partial charge < -0.3 is 15.1 Å². The van der Waals surface area contributed by atoms with Crippen LogP contribution < -0.4 is 5.32 Å². The van der Waals surface area contributed by atoms with E-state index in [2.05, 4.69) is 15.3 Å². The molecule has 0 aliphatic carbocycles. The van der Waals surface area contributed by atoms with Gasteiger partial charge in [-0.05, 0) is 26.2 Å². The molecule has 126 valence electrons. The number of amides is 2. The Morgan fingerprint density at radius 2 is 2.12 bits per heavy atom. The van der Waals surface area contributed by atoms with Gasteiger partial charge in [-0.2, -0.15) is 5.10 Å². The molecule has 0 spiro atoms. The van der Waals surface area contributed by atoms with E-state index in [1.807, 2.05) is 38.5 Å². The minimum absolute atomic E-state index is 0.0954. The second kappa shape index (κ2) is 6.84. The molecule has 1 aromatic heterocycles. The maximum Gasteiger partial charge on any atom is 0.256 e. The van der Waals surface area contributed by atoms with Gasteiger partial charge in [0.2, 0.25) is 5.91 Å². The average Bonchev–Trinajstić information content (AvgIpc) is 3.02. The Kier molecular flexibility index (Phi) is 4.61. The molecule has 0 atom stereocenters. The lowest BCUT2D eigenvalue weighted by molar-refractivity contribution is -0.123. The smallest absolute Gasteiger partial charge is 0.256 e. The summed E-state index contributed by atoms with van der Waals surface area (Å²) in [7, 11) is 3.99. The topological polar surface area (TPSA) is 70.5 Å². The summed E-state index contributed by atoms with van der Waals surface area (Å²) in [5, 5.41) is 7.11. The highest BCUT2D eigenvalue weighted by molar-refractivity contribution is 5.99. The van der Waals surface area contributed by atoms with E-state index in [-0.39, 0.29) is 18.4 Å². The van der Waals surface area contributed by atoms with Crippen molar-refractivity contribution in [2.24, 2.45) is 0 Å². The van der Waals surface area contributed by atoms with Gasteiger partial charge >= 0.3 is 0 Å². The molecule has 2 aromatic rings. The predicted octanol–water partition coefficient (Wildman–Crippen LogP) is 0.506. The third kappa shape index (κ3) is 3.46. The average molecular weight is 327 g/mol. The molecular formula is C17H21N5O2. The van der Waals surface area contributed by atoms with Gasteiger partial charge in [-0.25, -0.2) is 4.68 Å². The summed E-state index contributed by atoms with van der Waals surface area (Å²) >= 11 is 0. The highest BCUT2D eigenvalue weighted by Crippen LogP contribution is 2.17. The fourth-order valence-electron chi connectivity index (χ4n) is 2.78. The van der Waals surface area contributed by atoms with E-state index in [0.717, 1.165) is 17.8 Å². The molecule has 3 rings (SSSR count). The molecule has 1 saturated heterocycles. The summed E-state index contributed by atoms with van der Waals surface area (Å²) < 4.78 is 1.72. The second-order valence-electron chi connectivity index (χ2n) is 6.12. The number of rotatable bonds is 4. The molecular weight excluding hydrogens is 306 g/mol. The first kappa shape index (κ1) is 16.2. The van der Waals surface area contributed by atoms with Gasteiger partial charge in [0.25, 0.3) is 5.91 Å². The monoisotopic (exact) mass is 327 g/mol. The van der Waals surface area contributed by atoms with Crippen LogP contribution in [0.4, 0.5) is 0 Å². The number of hydrogen-bond donors (Lipinski definition) is 1. The van der Waals surface area contributed by atoms with Crippen molar-refractivity contribution in [1.82, 2.24) is 24.9 Å². The van der Waals surface area contributed by atoms with E-state index in [0.29, 0.717) is 18.7 Å². The lowest BCUT2D eigenvalue weighted by atomic mass is 10.1. The molecule has 0 unspecified atom stereocenters. The zero-order valence-corrected chi connectivity index (χ0v) is 13.9. The number of aromatic nitrogens is 2. The number of nitrogens with one attached hydrogen (secondary N) is 1. The summed E-state index contributed by atoms with van der Waals surface area (Å²) in [6.07, 6.45) is 3.73. The Labute approximate surface area is 140 Å². The third-order valence-corrected chi connectivity index (χ3v) is 3.84. The molecule has 7 heteroatoms. The molecule has 1 aromatic carbocycles. The Balaban J connectivity index is 1.89. The number of nitrogens with zero attached hydrogens (tertiary/aromatic N) is 4. The molecule has 1 N–H and O–H groups in total. The molecule has 0 radical (unpaired) electrons. The van der Waals surface area contributed by atoms with Crippen molar-refractivity contribution in [2.75, 3.05) is 33.7 Å². The van der Waals surface area contributed by atoms with Crippen molar-refractivity contribution in [3.8, 4) is 5.69 Å². The first-order valence-corrected chi connectivity index (χ1v) is 7.88. The van der Waals surface area contributed by atoms with Crippen molar-refractivity contribution in [3.63, 3.8) is 0 Å². The van der Waals surface area contributed by atoms with Crippen LogP contribution in [0, 0.1) is 0 Å². The quantitative estimate of drug-likeness (QED) is 0.888. The van der Waals surface area contributed by atoms with Crippen LogP contribution in [0.15, 0.2) is 36.7 Å². The van der Waals surface area contributed by atoms with E-state index in [1.54, 1.807) is 21.8 Å². The molecule has 24 heavy (non-hydrogen) atoms. The van der Waals surface area contributed by atoms with Crippen molar-refractivity contribution >= 4 is 11.8 Å². The standard InChI is InChI=1S/C17H21N5O2/c1-20(2)10-13-9-19-22(11-13)15-6-4-3-5-14(15)17(24)21-8-7-18-16(23)12-21/h3-6,9,11H,7-8,10,12H2,1-2H3,(H,18,23). The van der Waals surface area contributed by atoms with Gasteiger partial charge in [0.15, 0.2) is 0 Å². The lowest BCUT2D eigenvalue weighted by Crippen LogP contribution is -2.50. The fourth-order valence-corrected chi connectivity index (χ4v) is 2.78. The largest absolute Gasteiger partial charge is 0.353 e. The minimum atomic E-state index is -0.148. The number of piperazine rings is 1. The Bertz CT molecular complexity index is 753. The highest BCUT2D eigenvalue weighted by atomic mass is 16.2. The van der Waals surface area contributed by atoms with Crippen LogP contribution in [0.1, 0.15) is 15.9 Å². The number of carbonyl (C=O) groups excluding carboxylic acids is 2. The molecule has 0 bridgehead atoms. The Morgan fingerprint density at radius 1 is 1.33 bits per heavy atom. The summed E-state index contributed by atoms with van der Waals surface area (Å²) in [5.41, 5.74) is 2.34. The van der Waals surface area contributed by atoms with Crippen LogP contribution in [0.25, 0.3) is 5.69 Å². The third-order valence-electron chi connectivity index (χ3n) is 3.84. The van der Waals surface area contributed by atoms with Gasteiger partial charge in [0.05, 0.1) is 24.0 Å². The fraction of sp³-hybridized carbons (Fsp3) is 0.353. The lowest BCUT2D eigenvalue weighted by Gasteiger charge is -2.27. The first-order valence-electron chi connectivity index (χ1n) is 7.88. The maximum atomic E-state index is 12.8. The summed E-state index contributed by atoms with van der Waals surface area (Å²) in [4.78, 5) is 28.0. The van der Waals surface area contributed by atoms with Crippen molar-refractivity contribution in [2.45, 2.75) is 6.54 Å². The van der Waals surface area contributed by atoms with E-state index in [1.165, 1.54) is 0 Å². The highest BCUT2D eigenvalue weighted by Gasteiger charge is 2.24. The zero-order chi connectivity index (χ0) is 17.1. The second-order valence-corrected chi connectivity index (χ2v) is 6.12. The van der Waals surface area contributed by atoms with Crippen LogP contribution in [0.5, 0.6) is 0 Å². The molecule has 2 heterocycles. The number of benzene rings is 1. The number of para-hydroxylation sites is 1. The van der Waals surface area contributed by atoms with Crippen molar-refractivity contribution in [3.05, 3.63) is 47.8 Å². The van der Waals surface area contributed by atoms with Crippen LogP contribution in [-0.2, 0) is 11.3 Å². The summed E-state index contributed by atoms with van der Waals surface area (Å²) in [5.74, 6) is -0.274.